The minimum Gasteiger partial charge on any atom is -0.347 e. The smallest absolute Gasteiger partial charge is 0.253 e. The number of benzene rings is 1. The van der Waals surface area contributed by atoms with Crippen LogP contribution in [0.5, 0.6) is 0 Å². The summed E-state index contributed by atoms with van der Waals surface area (Å²) >= 11 is 0. The Morgan fingerprint density at radius 1 is 1.00 bits per heavy atom. The first-order valence-electron chi connectivity index (χ1n) is 9.51. The van der Waals surface area contributed by atoms with Gasteiger partial charge >= 0.3 is 0 Å². The Morgan fingerprint density at radius 3 is 2.32 bits per heavy atom. The maximum absolute atomic E-state index is 12.7. The largest absolute Gasteiger partial charge is 0.347 e. The monoisotopic (exact) mass is 381 g/mol. The van der Waals surface area contributed by atoms with E-state index in [1.807, 2.05) is 23.1 Å². The van der Waals surface area contributed by atoms with Crippen molar-refractivity contribution in [1.29, 1.82) is 0 Å². The van der Waals surface area contributed by atoms with Gasteiger partial charge in [-0.1, -0.05) is 6.07 Å². The van der Waals surface area contributed by atoms with Crippen molar-refractivity contribution in [2.45, 2.75) is 25.2 Å². The number of nitrogens with zero attached hydrogens (tertiary/aromatic N) is 2. The number of hydrogen-bond acceptors (Lipinski definition) is 5. The van der Waals surface area contributed by atoms with Gasteiger partial charge < -0.3 is 19.7 Å². The molecule has 2 amide bonds. The Bertz CT molecular complexity index is 822. The Hall–Kier alpha value is -2.77. The topological polar surface area (TPSA) is 80.8 Å². The Labute approximate surface area is 163 Å². The molecule has 2 saturated heterocycles. The number of carbonyl (C=O) groups is 2. The zero-order valence-corrected chi connectivity index (χ0v) is 15.6. The molecule has 2 aliphatic heterocycles. The fraction of sp³-hybridized carbons (Fsp3) is 0.381. The van der Waals surface area contributed by atoms with Crippen LogP contribution in [0.1, 0.15) is 39.3 Å². The molecule has 2 aliphatic rings. The third-order valence-electron chi connectivity index (χ3n) is 5.18. The molecule has 28 heavy (non-hydrogen) atoms. The molecule has 4 rings (SSSR count). The standard InChI is InChI=1S/C21H23N3O4/c25-19(23-15-18-3-1-2-10-22-18)16-4-6-17(7-5-16)20(26)24-11-8-21(9-12-24)27-13-14-28-21/h1-7,10H,8-9,11-15H2,(H,23,25). The Balaban J connectivity index is 1.32. The maximum Gasteiger partial charge on any atom is 0.253 e. The maximum atomic E-state index is 12.7. The van der Waals surface area contributed by atoms with Gasteiger partial charge in [-0.3, -0.25) is 14.6 Å². The van der Waals surface area contributed by atoms with Crippen LogP contribution in [0.4, 0.5) is 0 Å². The van der Waals surface area contributed by atoms with Crippen LogP contribution in [0.25, 0.3) is 0 Å². The molecule has 3 heterocycles. The molecule has 146 valence electrons. The van der Waals surface area contributed by atoms with Crippen molar-refractivity contribution < 1.29 is 19.1 Å². The van der Waals surface area contributed by atoms with E-state index < -0.39 is 5.79 Å². The molecule has 0 bridgehead atoms. The van der Waals surface area contributed by atoms with Crippen molar-refractivity contribution in [3.8, 4) is 0 Å². The molecule has 0 unspecified atom stereocenters. The van der Waals surface area contributed by atoms with E-state index in [1.165, 1.54) is 0 Å². The average molecular weight is 381 g/mol. The van der Waals surface area contributed by atoms with Crippen molar-refractivity contribution in [2.75, 3.05) is 26.3 Å². The van der Waals surface area contributed by atoms with E-state index in [-0.39, 0.29) is 11.8 Å². The molecule has 1 aromatic heterocycles. The quantitative estimate of drug-likeness (QED) is 0.876. The van der Waals surface area contributed by atoms with Gasteiger partial charge in [-0.05, 0) is 36.4 Å². The number of amides is 2. The van der Waals surface area contributed by atoms with Crippen LogP contribution < -0.4 is 5.32 Å². The van der Waals surface area contributed by atoms with Crippen LogP contribution in [0.2, 0.25) is 0 Å². The number of rotatable bonds is 4. The molecule has 1 spiro atoms. The first-order chi connectivity index (χ1) is 13.7. The summed E-state index contributed by atoms with van der Waals surface area (Å²) in [6.07, 6.45) is 3.06. The second-order valence-electron chi connectivity index (χ2n) is 6.98. The number of ether oxygens (including phenoxy) is 2. The van der Waals surface area contributed by atoms with Crippen molar-refractivity contribution >= 4 is 11.8 Å². The Kier molecular flexibility index (Phi) is 5.36. The summed E-state index contributed by atoms with van der Waals surface area (Å²) in [6, 6.07) is 12.3. The zero-order valence-electron chi connectivity index (χ0n) is 15.6. The van der Waals surface area contributed by atoms with Crippen LogP contribution in [0.3, 0.4) is 0 Å². The molecule has 1 aromatic carbocycles. The summed E-state index contributed by atoms with van der Waals surface area (Å²) in [4.78, 5) is 31.0. The highest BCUT2D eigenvalue weighted by molar-refractivity contribution is 5.97. The molecule has 7 heteroatoms. The van der Waals surface area contributed by atoms with E-state index in [1.54, 1.807) is 30.5 Å². The highest BCUT2D eigenvalue weighted by Crippen LogP contribution is 2.31. The summed E-state index contributed by atoms with van der Waals surface area (Å²) in [5.41, 5.74) is 1.88. The van der Waals surface area contributed by atoms with Gasteiger partial charge in [0.15, 0.2) is 5.79 Å². The lowest BCUT2D eigenvalue weighted by atomic mass is 10.0. The van der Waals surface area contributed by atoms with E-state index in [0.717, 1.165) is 5.69 Å². The first kappa shape index (κ1) is 18.6. The Morgan fingerprint density at radius 2 is 1.68 bits per heavy atom. The lowest BCUT2D eigenvalue weighted by Gasteiger charge is -2.37. The van der Waals surface area contributed by atoms with Crippen LogP contribution in [0.15, 0.2) is 48.7 Å². The minimum atomic E-state index is -0.494. The van der Waals surface area contributed by atoms with E-state index >= 15 is 0 Å². The van der Waals surface area contributed by atoms with E-state index in [9.17, 15) is 9.59 Å². The third kappa shape index (κ3) is 4.05. The summed E-state index contributed by atoms with van der Waals surface area (Å²) < 4.78 is 11.4. The lowest BCUT2D eigenvalue weighted by Crippen LogP contribution is -2.47. The van der Waals surface area contributed by atoms with E-state index in [2.05, 4.69) is 10.3 Å². The highest BCUT2D eigenvalue weighted by atomic mass is 16.7. The molecular formula is C21H23N3O4. The molecule has 0 saturated carbocycles. The second-order valence-corrected chi connectivity index (χ2v) is 6.98. The predicted molar refractivity (Wildman–Crippen MR) is 102 cm³/mol. The van der Waals surface area contributed by atoms with Crippen LogP contribution in [0, 0.1) is 0 Å². The summed E-state index contributed by atoms with van der Waals surface area (Å²) in [5.74, 6) is -0.722. The van der Waals surface area contributed by atoms with Crippen LogP contribution in [-0.2, 0) is 16.0 Å². The van der Waals surface area contributed by atoms with Gasteiger partial charge in [0.2, 0.25) is 0 Å². The van der Waals surface area contributed by atoms with E-state index in [4.69, 9.17) is 9.47 Å². The first-order valence-corrected chi connectivity index (χ1v) is 9.51. The van der Waals surface area contributed by atoms with Crippen molar-refractivity contribution in [3.63, 3.8) is 0 Å². The molecular weight excluding hydrogens is 358 g/mol. The molecule has 0 atom stereocenters. The van der Waals surface area contributed by atoms with Gasteiger partial charge in [0.1, 0.15) is 0 Å². The second kappa shape index (κ2) is 8.08. The zero-order chi connectivity index (χ0) is 19.4. The number of carbonyl (C=O) groups excluding carboxylic acids is 2. The third-order valence-corrected chi connectivity index (χ3v) is 5.18. The molecule has 2 fully saturated rings. The van der Waals surface area contributed by atoms with Gasteiger partial charge in [-0.15, -0.1) is 0 Å². The minimum absolute atomic E-state index is 0.0340. The number of nitrogens with one attached hydrogen (secondary N) is 1. The summed E-state index contributed by atoms with van der Waals surface area (Å²) in [6.45, 7) is 2.81. The van der Waals surface area contributed by atoms with Crippen LogP contribution in [-0.4, -0.2) is 53.8 Å². The molecule has 1 N–H and O–H groups in total. The average Bonchev–Trinajstić information content (AvgIpc) is 3.21. The van der Waals surface area contributed by atoms with Gasteiger partial charge in [0, 0.05) is 43.3 Å². The summed E-state index contributed by atoms with van der Waals surface area (Å²) in [5, 5.41) is 2.83. The molecule has 7 nitrogen and oxygen atoms in total. The highest BCUT2D eigenvalue weighted by Gasteiger charge is 2.40. The van der Waals surface area contributed by atoms with Crippen molar-refractivity contribution in [3.05, 3.63) is 65.5 Å². The number of pyridine rings is 1. The molecule has 0 radical (unpaired) electrons. The molecule has 0 aliphatic carbocycles. The number of likely N-dealkylation sites (tertiary alicyclic amines) is 1. The molecule has 2 aromatic rings. The number of piperidine rings is 1. The van der Waals surface area contributed by atoms with Crippen molar-refractivity contribution in [1.82, 2.24) is 15.2 Å². The normalized spacial score (nSPS) is 18.2. The number of aromatic nitrogens is 1. The van der Waals surface area contributed by atoms with Gasteiger partial charge in [0.05, 0.1) is 25.5 Å². The SMILES string of the molecule is O=C(NCc1ccccn1)c1ccc(C(=O)N2CCC3(CC2)OCCO3)cc1. The van der Waals surface area contributed by atoms with Crippen LogP contribution >= 0.6 is 0 Å². The van der Waals surface area contributed by atoms with E-state index in [0.29, 0.717) is 56.8 Å². The van der Waals surface area contributed by atoms with Crippen molar-refractivity contribution in [2.24, 2.45) is 0 Å². The van der Waals surface area contributed by atoms with Gasteiger partial charge in [-0.25, -0.2) is 0 Å². The predicted octanol–water partition coefficient (Wildman–Crippen LogP) is 1.99. The van der Waals surface area contributed by atoms with Gasteiger partial charge in [-0.2, -0.15) is 0 Å². The summed E-state index contributed by atoms with van der Waals surface area (Å²) in [7, 11) is 0. The van der Waals surface area contributed by atoms with Gasteiger partial charge in [0.25, 0.3) is 11.8 Å². The lowest BCUT2D eigenvalue weighted by molar-refractivity contribution is -0.181. The fourth-order valence-electron chi connectivity index (χ4n) is 3.56. The fourth-order valence-corrected chi connectivity index (χ4v) is 3.56. The number of hydrogen-bond donors (Lipinski definition) is 1.